The summed E-state index contributed by atoms with van der Waals surface area (Å²) in [5.74, 6) is 1.48. The molecule has 1 unspecified atom stereocenters. The lowest BCUT2D eigenvalue weighted by atomic mass is 10.1. The summed E-state index contributed by atoms with van der Waals surface area (Å²) in [5, 5.41) is 4.94. The number of benzene rings is 2. The Hall–Kier alpha value is -2.68. The lowest BCUT2D eigenvalue weighted by molar-refractivity contribution is 0.100. The largest absolute Gasteiger partial charge is 0.497 e. The second kappa shape index (κ2) is 9.29. The van der Waals surface area contributed by atoms with Crippen molar-refractivity contribution in [2.75, 3.05) is 44.8 Å². The molecule has 0 amide bonds. The number of rotatable bonds is 6. The van der Waals surface area contributed by atoms with Crippen molar-refractivity contribution in [1.82, 2.24) is 19.6 Å². The molecule has 2 fully saturated rings. The lowest BCUT2D eigenvalue weighted by Gasteiger charge is -2.37. The monoisotopic (exact) mass is 466 g/mol. The summed E-state index contributed by atoms with van der Waals surface area (Å²) in [6.07, 6.45) is 2.90. The number of hydrogen-bond donors (Lipinski definition) is 0. The maximum absolute atomic E-state index is 11.9. The Kier molecular flexibility index (Phi) is 6.23. The van der Waals surface area contributed by atoms with Crippen molar-refractivity contribution in [3.63, 3.8) is 0 Å². The zero-order valence-corrected chi connectivity index (χ0v) is 19.7. The summed E-state index contributed by atoms with van der Waals surface area (Å²) in [4.78, 5) is 4.80. The van der Waals surface area contributed by atoms with Gasteiger partial charge < -0.3 is 4.74 Å². The molecule has 2 aliphatic heterocycles. The van der Waals surface area contributed by atoms with E-state index < -0.39 is 9.84 Å². The smallest absolute Gasteiger partial charge is 0.151 e. The van der Waals surface area contributed by atoms with Crippen LogP contribution < -0.4 is 4.74 Å². The van der Waals surface area contributed by atoms with Crippen LogP contribution in [0.5, 0.6) is 5.75 Å². The quantitative estimate of drug-likeness (QED) is 0.557. The Labute approximate surface area is 195 Å². The molecule has 174 valence electrons. The van der Waals surface area contributed by atoms with Crippen LogP contribution in [0.15, 0.2) is 60.8 Å². The number of methoxy groups -OCH3 is 1. The molecule has 3 aromatic rings. The molecular weight excluding hydrogens is 436 g/mol. The normalized spacial score (nSPS) is 21.3. The number of hydrogen-bond acceptors (Lipinski definition) is 6. The Bertz CT molecular complexity index is 1180. The van der Waals surface area contributed by atoms with E-state index in [-0.39, 0.29) is 6.04 Å². The molecule has 0 radical (unpaired) electrons. The minimum absolute atomic E-state index is 0.188. The molecule has 7 nitrogen and oxygen atoms in total. The predicted molar refractivity (Wildman–Crippen MR) is 129 cm³/mol. The Morgan fingerprint density at radius 2 is 1.73 bits per heavy atom. The van der Waals surface area contributed by atoms with Crippen LogP contribution in [0.4, 0.5) is 0 Å². The SMILES string of the molecule is COc1ccc(-c2nn(-c3ccccc3)cc2CN2CCN(C3CCS(=O)(=O)C3)CC2)cc1. The first kappa shape index (κ1) is 22.1. The molecule has 0 bridgehead atoms. The first-order valence-electron chi connectivity index (χ1n) is 11.5. The number of aromatic nitrogens is 2. The maximum atomic E-state index is 11.9. The van der Waals surface area contributed by atoms with Gasteiger partial charge in [-0.3, -0.25) is 9.80 Å². The van der Waals surface area contributed by atoms with Gasteiger partial charge in [0.15, 0.2) is 9.84 Å². The summed E-state index contributed by atoms with van der Waals surface area (Å²) in [6.45, 7) is 4.48. The van der Waals surface area contributed by atoms with Crippen LogP contribution in [0.1, 0.15) is 12.0 Å². The highest BCUT2D eigenvalue weighted by molar-refractivity contribution is 7.91. The van der Waals surface area contributed by atoms with Crippen molar-refractivity contribution in [3.8, 4) is 22.7 Å². The van der Waals surface area contributed by atoms with E-state index in [0.717, 1.165) is 61.8 Å². The van der Waals surface area contributed by atoms with E-state index in [9.17, 15) is 8.42 Å². The fourth-order valence-corrected chi connectivity index (χ4v) is 6.58. The maximum Gasteiger partial charge on any atom is 0.151 e. The van der Waals surface area contributed by atoms with Crippen LogP contribution in [-0.4, -0.2) is 78.8 Å². The summed E-state index contributed by atoms with van der Waals surface area (Å²) >= 11 is 0. The van der Waals surface area contributed by atoms with Crippen LogP contribution in [0.3, 0.4) is 0 Å². The van der Waals surface area contributed by atoms with Crippen molar-refractivity contribution in [1.29, 1.82) is 0 Å². The molecule has 1 aromatic heterocycles. The van der Waals surface area contributed by atoms with Crippen molar-refractivity contribution in [2.45, 2.75) is 19.0 Å². The van der Waals surface area contributed by atoms with E-state index in [1.165, 1.54) is 5.56 Å². The number of nitrogens with zero attached hydrogens (tertiary/aromatic N) is 4. The molecule has 2 saturated heterocycles. The van der Waals surface area contributed by atoms with E-state index in [1.807, 2.05) is 35.0 Å². The molecule has 1 atom stereocenters. The van der Waals surface area contributed by atoms with Crippen molar-refractivity contribution >= 4 is 9.84 Å². The number of ether oxygens (including phenoxy) is 1. The van der Waals surface area contributed by atoms with Crippen LogP contribution >= 0.6 is 0 Å². The predicted octanol–water partition coefficient (Wildman–Crippen LogP) is 2.85. The molecule has 33 heavy (non-hydrogen) atoms. The third-order valence-corrected chi connectivity index (χ3v) is 8.45. The number of piperazine rings is 1. The average molecular weight is 467 g/mol. The number of sulfone groups is 1. The Morgan fingerprint density at radius 1 is 1.00 bits per heavy atom. The van der Waals surface area contributed by atoms with Crippen LogP contribution in [0.2, 0.25) is 0 Å². The first-order valence-corrected chi connectivity index (χ1v) is 13.3. The lowest BCUT2D eigenvalue weighted by Crippen LogP contribution is -2.50. The highest BCUT2D eigenvalue weighted by atomic mass is 32.2. The Morgan fingerprint density at radius 3 is 2.36 bits per heavy atom. The van der Waals surface area contributed by atoms with Gasteiger partial charge in [0, 0.05) is 56.1 Å². The van der Waals surface area contributed by atoms with E-state index in [1.54, 1.807) is 7.11 Å². The Balaban J connectivity index is 1.34. The summed E-state index contributed by atoms with van der Waals surface area (Å²) in [7, 11) is -1.18. The van der Waals surface area contributed by atoms with Gasteiger partial charge in [0.1, 0.15) is 5.75 Å². The minimum atomic E-state index is -2.85. The second-order valence-corrected chi connectivity index (χ2v) is 11.1. The molecule has 8 heteroatoms. The molecule has 2 aliphatic rings. The molecule has 0 N–H and O–H groups in total. The minimum Gasteiger partial charge on any atom is -0.497 e. The summed E-state index contributed by atoms with van der Waals surface area (Å²) < 4.78 is 31.0. The van der Waals surface area contributed by atoms with Gasteiger partial charge in [-0.1, -0.05) is 18.2 Å². The zero-order chi connectivity index (χ0) is 22.8. The molecular formula is C25H30N4O3S. The average Bonchev–Trinajstić information content (AvgIpc) is 3.43. The molecule has 0 saturated carbocycles. The standard InChI is InChI=1S/C25H30N4O3S/c1-32-24-9-7-20(8-10-24)25-21(18-29(26-25)22-5-3-2-4-6-22)17-27-12-14-28(15-13-27)23-11-16-33(30,31)19-23/h2-10,18,23H,11-17,19H2,1H3. The van der Waals surface area contributed by atoms with Gasteiger partial charge in [0.25, 0.3) is 0 Å². The molecule has 5 rings (SSSR count). The van der Waals surface area contributed by atoms with Gasteiger partial charge >= 0.3 is 0 Å². The van der Waals surface area contributed by atoms with Crippen LogP contribution in [0, 0.1) is 0 Å². The van der Waals surface area contributed by atoms with Gasteiger partial charge in [-0.25, -0.2) is 13.1 Å². The first-order chi connectivity index (χ1) is 16.0. The van der Waals surface area contributed by atoms with Crippen molar-refractivity contribution < 1.29 is 13.2 Å². The zero-order valence-electron chi connectivity index (χ0n) is 18.9. The third kappa shape index (κ3) is 4.98. The topological polar surface area (TPSA) is 67.7 Å². The van der Waals surface area contributed by atoms with Crippen molar-refractivity contribution in [2.24, 2.45) is 0 Å². The van der Waals surface area contributed by atoms with Gasteiger partial charge in [-0.2, -0.15) is 5.10 Å². The van der Waals surface area contributed by atoms with Gasteiger partial charge in [-0.05, 0) is 42.8 Å². The van der Waals surface area contributed by atoms with E-state index in [2.05, 4.69) is 40.3 Å². The third-order valence-electron chi connectivity index (χ3n) is 6.70. The molecule has 3 heterocycles. The highest BCUT2D eigenvalue weighted by Crippen LogP contribution is 2.27. The highest BCUT2D eigenvalue weighted by Gasteiger charge is 2.33. The molecule has 2 aromatic carbocycles. The second-order valence-electron chi connectivity index (χ2n) is 8.88. The van der Waals surface area contributed by atoms with Crippen LogP contribution in [0.25, 0.3) is 16.9 Å². The van der Waals surface area contributed by atoms with Crippen LogP contribution in [-0.2, 0) is 16.4 Å². The van der Waals surface area contributed by atoms with E-state index in [0.29, 0.717) is 11.5 Å². The fraction of sp³-hybridized carbons (Fsp3) is 0.400. The van der Waals surface area contributed by atoms with Crippen molar-refractivity contribution in [3.05, 3.63) is 66.4 Å². The van der Waals surface area contributed by atoms with Gasteiger partial charge in [-0.15, -0.1) is 0 Å². The summed E-state index contributed by atoms with van der Waals surface area (Å²) in [6, 6.07) is 18.4. The molecule has 0 aliphatic carbocycles. The van der Waals surface area contributed by atoms with Gasteiger partial charge in [0.05, 0.1) is 30.0 Å². The fourth-order valence-electron chi connectivity index (χ4n) is 4.82. The van der Waals surface area contributed by atoms with E-state index in [4.69, 9.17) is 9.84 Å². The van der Waals surface area contributed by atoms with E-state index >= 15 is 0 Å². The number of para-hydroxylation sites is 1. The molecule has 0 spiro atoms. The summed E-state index contributed by atoms with van der Waals surface area (Å²) in [5.41, 5.74) is 4.26. The van der Waals surface area contributed by atoms with Gasteiger partial charge in [0.2, 0.25) is 0 Å².